The zero-order valence-electron chi connectivity index (χ0n) is 18.7. The van der Waals surface area contributed by atoms with Gasteiger partial charge in [0.2, 0.25) is 5.88 Å². The number of esters is 1. The summed E-state index contributed by atoms with van der Waals surface area (Å²) in [6.07, 6.45) is 0. The number of ether oxygens (including phenoxy) is 3. The van der Waals surface area contributed by atoms with Gasteiger partial charge in [-0.2, -0.15) is 5.26 Å². The molecule has 0 bridgehead atoms. The van der Waals surface area contributed by atoms with Crippen LogP contribution in [0.4, 0.5) is 5.69 Å². The Bertz CT molecular complexity index is 1420. The lowest BCUT2D eigenvalue weighted by Gasteiger charge is -2.26. The third-order valence-corrected chi connectivity index (χ3v) is 5.92. The van der Waals surface area contributed by atoms with Crippen LogP contribution in [0.25, 0.3) is 0 Å². The maximum absolute atomic E-state index is 12.7. The van der Waals surface area contributed by atoms with Gasteiger partial charge in [0, 0.05) is 23.8 Å². The second kappa shape index (κ2) is 10.2. The molecular weight excluding hydrogens is 509 g/mol. The van der Waals surface area contributed by atoms with Crippen molar-refractivity contribution in [1.29, 1.82) is 5.26 Å². The van der Waals surface area contributed by atoms with E-state index in [1.165, 1.54) is 36.4 Å². The Morgan fingerprint density at radius 3 is 2.42 bits per heavy atom. The molecule has 0 saturated heterocycles. The third kappa shape index (κ3) is 4.77. The maximum Gasteiger partial charge on any atom is 0.343 e. The number of nitro groups is 1. The fraction of sp³-hybridized carbons (Fsp3) is 0.120. The van der Waals surface area contributed by atoms with Crippen molar-refractivity contribution in [2.45, 2.75) is 12.8 Å². The molecule has 182 valence electrons. The molecular formula is C25H17Cl2N3O6. The Morgan fingerprint density at radius 1 is 1.17 bits per heavy atom. The van der Waals surface area contributed by atoms with Crippen LogP contribution in [0.5, 0.6) is 17.2 Å². The first-order valence-electron chi connectivity index (χ1n) is 10.5. The van der Waals surface area contributed by atoms with Gasteiger partial charge in [0.1, 0.15) is 23.1 Å². The summed E-state index contributed by atoms with van der Waals surface area (Å²) in [7, 11) is 0. The van der Waals surface area contributed by atoms with Crippen LogP contribution in [0, 0.1) is 21.4 Å². The Morgan fingerprint density at radius 2 is 1.83 bits per heavy atom. The molecule has 1 unspecified atom stereocenters. The second-order valence-corrected chi connectivity index (χ2v) is 8.38. The van der Waals surface area contributed by atoms with Crippen molar-refractivity contribution in [2.75, 3.05) is 6.61 Å². The maximum atomic E-state index is 12.7. The van der Waals surface area contributed by atoms with E-state index in [0.717, 1.165) is 0 Å². The summed E-state index contributed by atoms with van der Waals surface area (Å²) in [6.45, 7) is 2.13. The van der Waals surface area contributed by atoms with Gasteiger partial charge in [0.25, 0.3) is 5.69 Å². The van der Waals surface area contributed by atoms with Crippen LogP contribution < -0.4 is 19.9 Å². The van der Waals surface area contributed by atoms with E-state index in [1.54, 1.807) is 25.1 Å². The molecule has 11 heteroatoms. The molecule has 0 spiro atoms. The van der Waals surface area contributed by atoms with Gasteiger partial charge < -0.3 is 19.9 Å². The van der Waals surface area contributed by atoms with Crippen molar-refractivity contribution in [3.63, 3.8) is 0 Å². The summed E-state index contributed by atoms with van der Waals surface area (Å²) in [4.78, 5) is 23.2. The van der Waals surface area contributed by atoms with E-state index >= 15 is 0 Å². The van der Waals surface area contributed by atoms with Gasteiger partial charge in [-0.05, 0) is 30.7 Å². The fourth-order valence-corrected chi connectivity index (χ4v) is 4.35. The highest BCUT2D eigenvalue weighted by molar-refractivity contribution is 6.37. The van der Waals surface area contributed by atoms with E-state index in [1.807, 2.05) is 6.07 Å². The largest absolute Gasteiger partial charge is 0.491 e. The number of benzene rings is 3. The Labute approximate surface area is 215 Å². The number of hydrogen-bond donors (Lipinski definition) is 1. The molecule has 0 aromatic heterocycles. The molecule has 9 nitrogen and oxygen atoms in total. The number of fused-ring (bicyclic) bond motifs is 1. The molecule has 1 atom stereocenters. The summed E-state index contributed by atoms with van der Waals surface area (Å²) in [6, 6.07) is 15.2. The van der Waals surface area contributed by atoms with Crippen LogP contribution in [-0.2, 0) is 0 Å². The number of carbonyl (C=O) groups is 1. The molecule has 3 aromatic rings. The van der Waals surface area contributed by atoms with Gasteiger partial charge in [-0.25, -0.2) is 4.79 Å². The minimum atomic E-state index is -0.717. The Kier molecular flexibility index (Phi) is 7.01. The molecule has 36 heavy (non-hydrogen) atoms. The lowest BCUT2D eigenvalue weighted by Crippen LogP contribution is -2.21. The van der Waals surface area contributed by atoms with Crippen molar-refractivity contribution in [1.82, 2.24) is 0 Å². The van der Waals surface area contributed by atoms with E-state index in [4.69, 9.17) is 43.1 Å². The van der Waals surface area contributed by atoms with E-state index in [-0.39, 0.29) is 50.0 Å². The number of halogens is 2. The van der Waals surface area contributed by atoms with E-state index in [9.17, 15) is 20.2 Å². The highest BCUT2D eigenvalue weighted by Crippen LogP contribution is 2.44. The molecule has 2 N–H and O–H groups in total. The first-order chi connectivity index (χ1) is 17.2. The highest BCUT2D eigenvalue weighted by atomic mass is 35.5. The molecule has 1 heterocycles. The van der Waals surface area contributed by atoms with Crippen molar-refractivity contribution >= 4 is 34.9 Å². The van der Waals surface area contributed by atoms with Crippen molar-refractivity contribution < 1.29 is 23.9 Å². The molecule has 0 fully saturated rings. The molecule has 4 rings (SSSR count). The number of carbonyl (C=O) groups excluding carboxylic acids is 1. The zero-order chi connectivity index (χ0) is 26.0. The Balaban J connectivity index is 1.65. The smallest absolute Gasteiger partial charge is 0.343 e. The predicted octanol–water partition coefficient (Wildman–Crippen LogP) is 5.74. The highest BCUT2D eigenvalue weighted by Gasteiger charge is 2.31. The van der Waals surface area contributed by atoms with E-state index in [2.05, 4.69) is 0 Å². The van der Waals surface area contributed by atoms with Crippen LogP contribution in [0.3, 0.4) is 0 Å². The quantitative estimate of drug-likeness (QED) is 0.186. The predicted molar refractivity (Wildman–Crippen MR) is 131 cm³/mol. The molecule has 0 aliphatic carbocycles. The fourth-order valence-electron chi connectivity index (χ4n) is 3.76. The third-order valence-electron chi connectivity index (χ3n) is 5.36. The number of hydrogen-bond acceptors (Lipinski definition) is 8. The van der Waals surface area contributed by atoms with Crippen molar-refractivity contribution in [3.05, 3.63) is 103 Å². The lowest BCUT2D eigenvalue weighted by atomic mass is 9.83. The summed E-state index contributed by atoms with van der Waals surface area (Å²) >= 11 is 12.4. The van der Waals surface area contributed by atoms with Gasteiger partial charge in [0.15, 0.2) is 5.75 Å². The number of allylic oxidation sites excluding steroid dienone is 1. The molecule has 0 saturated carbocycles. The first kappa shape index (κ1) is 24.9. The lowest BCUT2D eigenvalue weighted by molar-refractivity contribution is -0.384. The number of nitrogens with two attached hydrogens (primary N) is 1. The summed E-state index contributed by atoms with van der Waals surface area (Å²) < 4.78 is 16.5. The summed E-state index contributed by atoms with van der Waals surface area (Å²) in [5, 5.41) is 21.0. The van der Waals surface area contributed by atoms with Crippen LogP contribution in [0.1, 0.15) is 34.3 Å². The van der Waals surface area contributed by atoms with Crippen LogP contribution in [0.15, 0.2) is 66.1 Å². The topological polar surface area (TPSA) is 138 Å². The second-order valence-electron chi connectivity index (χ2n) is 7.56. The first-order valence-corrected chi connectivity index (χ1v) is 11.3. The normalized spacial score (nSPS) is 14.3. The average molecular weight is 526 g/mol. The molecule has 1 aliphatic rings. The minimum Gasteiger partial charge on any atom is -0.491 e. The van der Waals surface area contributed by atoms with Crippen molar-refractivity contribution in [3.8, 4) is 23.3 Å². The van der Waals surface area contributed by atoms with Crippen molar-refractivity contribution in [2.24, 2.45) is 5.73 Å². The zero-order valence-corrected chi connectivity index (χ0v) is 20.2. The molecule has 3 aromatic carbocycles. The summed E-state index contributed by atoms with van der Waals surface area (Å²) in [5.41, 5.74) is 7.36. The number of nitriles is 1. The van der Waals surface area contributed by atoms with Gasteiger partial charge in [-0.3, -0.25) is 10.1 Å². The van der Waals surface area contributed by atoms with Gasteiger partial charge in [-0.1, -0.05) is 41.4 Å². The van der Waals surface area contributed by atoms with Gasteiger partial charge in [0.05, 0.1) is 33.1 Å². The Hall–Kier alpha value is -4.26. The van der Waals surface area contributed by atoms with E-state index in [0.29, 0.717) is 17.7 Å². The SMILES string of the molecule is CCOc1c(Cl)cc(C(=O)Oc2ccc3c(c2)OC(N)=C(C#N)C3c2ccc([N+](=O)[O-])cc2)cc1Cl. The number of rotatable bonds is 6. The van der Waals surface area contributed by atoms with E-state index < -0.39 is 16.8 Å². The molecule has 0 radical (unpaired) electrons. The standard InChI is InChI=1S/C25H17Cl2N3O6/c1-2-34-23-19(26)9-14(10-20(23)27)25(31)35-16-7-8-17-21(11-16)36-24(29)18(12-28)22(17)13-3-5-15(6-4-13)30(32)33/h3-11,22H,2,29H2,1H3. The van der Waals surface area contributed by atoms with Gasteiger partial charge >= 0.3 is 5.97 Å². The monoisotopic (exact) mass is 525 g/mol. The van der Waals surface area contributed by atoms with Gasteiger partial charge in [-0.15, -0.1) is 0 Å². The van der Waals surface area contributed by atoms with Crippen LogP contribution in [0.2, 0.25) is 10.0 Å². The van der Waals surface area contributed by atoms with Crippen LogP contribution >= 0.6 is 23.2 Å². The van der Waals surface area contributed by atoms with Crippen LogP contribution in [-0.4, -0.2) is 17.5 Å². The summed E-state index contributed by atoms with van der Waals surface area (Å²) in [5.74, 6) is -0.786. The number of nitrogens with zero attached hydrogens (tertiary/aromatic N) is 2. The molecule has 0 amide bonds. The minimum absolute atomic E-state index is 0.0850. The average Bonchev–Trinajstić information content (AvgIpc) is 2.85. The molecule has 1 aliphatic heterocycles. The number of non-ortho nitro benzene ring substituents is 1. The number of nitro benzene ring substituents is 1.